The second-order valence-electron chi connectivity index (χ2n) is 6.18. The van der Waals surface area contributed by atoms with Crippen LogP contribution in [0, 0.1) is 0 Å². The van der Waals surface area contributed by atoms with Gasteiger partial charge in [-0.25, -0.2) is 9.67 Å². The summed E-state index contributed by atoms with van der Waals surface area (Å²) in [4.78, 5) is 16.1. The molecule has 2 N–H and O–H groups in total. The Bertz CT molecular complexity index is 536. The maximum atomic E-state index is 11.9. The van der Waals surface area contributed by atoms with Crippen LogP contribution in [0.4, 0.5) is 0 Å². The Balaban J connectivity index is 1.32. The standard InChI is InChI=1S/C16H25N5O/c22-16(17-9-8-13-4-2-1-3-5-13)10-18-14-6-7-15-19-12-20-21(15)11-14/h4,12,14,18H,1-3,5-11H2,(H,17,22)/t14-/m1/s1. The van der Waals surface area contributed by atoms with Gasteiger partial charge < -0.3 is 10.6 Å². The average Bonchev–Trinajstić information content (AvgIpc) is 3.01. The molecule has 1 aromatic heterocycles. The van der Waals surface area contributed by atoms with E-state index in [0.717, 1.165) is 38.2 Å². The van der Waals surface area contributed by atoms with E-state index in [9.17, 15) is 4.79 Å². The van der Waals surface area contributed by atoms with Gasteiger partial charge in [0.1, 0.15) is 12.2 Å². The number of allylic oxidation sites excluding steroid dienone is 1. The monoisotopic (exact) mass is 303 g/mol. The normalized spacial score (nSPS) is 21.1. The molecule has 3 rings (SSSR count). The number of hydrogen-bond acceptors (Lipinski definition) is 4. The zero-order valence-electron chi connectivity index (χ0n) is 13.1. The number of aromatic nitrogens is 3. The van der Waals surface area contributed by atoms with E-state index < -0.39 is 0 Å². The van der Waals surface area contributed by atoms with Crippen LogP contribution in [0.2, 0.25) is 0 Å². The third-order valence-electron chi connectivity index (χ3n) is 4.51. The first-order valence-electron chi connectivity index (χ1n) is 8.36. The van der Waals surface area contributed by atoms with Crippen LogP contribution < -0.4 is 10.6 Å². The van der Waals surface area contributed by atoms with Crippen LogP contribution in [-0.4, -0.2) is 39.8 Å². The number of aryl methyl sites for hydroxylation is 1. The summed E-state index contributed by atoms with van der Waals surface area (Å²) < 4.78 is 1.93. The highest BCUT2D eigenvalue weighted by Gasteiger charge is 2.19. The average molecular weight is 303 g/mol. The van der Waals surface area contributed by atoms with E-state index in [0.29, 0.717) is 12.6 Å². The number of carbonyl (C=O) groups is 1. The maximum Gasteiger partial charge on any atom is 0.233 e. The van der Waals surface area contributed by atoms with Crippen LogP contribution in [0.1, 0.15) is 44.3 Å². The van der Waals surface area contributed by atoms with Crippen LogP contribution in [0.15, 0.2) is 18.0 Å². The fourth-order valence-corrected chi connectivity index (χ4v) is 3.20. The molecule has 2 aliphatic rings. The van der Waals surface area contributed by atoms with Crippen molar-refractivity contribution in [1.29, 1.82) is 0 Å². The minimum absolute atomic E-state index is 0.0841. The molecule has 0 aromatic carbocycles. The molecule has 120 valence electrons. The van der Waals surface area contributed by atoms with E-state index in [2.05, 4.69) is 26.8 Å². The van der Waals surface area contributed by atoms with Gasteiger partial charge >= 0.3 is 0 Å². The molecule has 0 saturated heterocycles. The molecule has 1 atom stereocenters. The van der Waals surface area contributed by atoms with Gasteiger partial charge in [-0.1, -0.05) is 11.6 Å². The Morgan fingerprint density at radius 3 is 3.18 bits per heavy atom. The van der Waals surface area contributed by atoms with Crippen molar-refractivity contribution in [2.75, 3.05) is 13.1 Å². The van der Waals surface area contributed by atoms with Crippen LogP contribution >= 0.6 is 0 Å². The summed E-state index contributed by atoms with van der Waals surface area (Å²) in [5.41, 5.74) is 1.51. The Morgan fingerprint density at radius 2 is 2.32 bits per heavy atom. The largest absolute Gasteiger partial charge is 0.355 e. The molecule has 2 heterocycles. The summed E-state index contributed by atoms with van der Waals surface area (Å²) in [5.74, 6) is 1.13. The molecular formula is C16H25N5O. The molecule has 22 heavy (non-hydrogen) atoms. The van der Waals surface area contributed by atoms with Gasteiger partial charge in [-0.2, -0.15) is 5.10 Å². The summed E-state index contributed by atoms with van der Waals surface area (Å²) in [7, 11) is 0. The lowest BCUT2D eigenvalue weighted by molar-refractivity contribution is -0.120. The van der Waals surface area contributed by atoms with Gasteiger partial charge in [-0.15, -0.1) is 0 Å². The predicted octanol–water partition coefficient (Wildman–Crippen LogP) is 1.19. The highest BCUT2D eigenvalue weighted by atomic mass is 16.1. The quantitative estimate of drug-likeness (QED) is 0.774. The first-order chi connectivity index (χ1) is 10.8. The Labute approximate surface area is 131 Å². The van der Waals surface area contributed by atoms with E-state index in [1.54, 1.807) is 6.33 Å². The van der Waals surface area contributed by atoms with Crippen LogP contribution in [-0.2, 0) is 17.8 Å². The van der Waals surface area contributed by atoms with E-state index in [-0.39, 0.29) is 5.91 Å². The van der Waals surface area contributed by atoms with E-state index in [1.807, 2.05) is 4.68 Å². The highest BCUT2D eigenvalue weighted by Crippen LogP contribution is 2.19. The number of fused-ring (bicyclic) bond motifs is 1. The van der Waals surface area contributed by atoms with Crippen molar-refractivity contribution < 1.29 is 4.79 Å². The fourth-order valence-electron chi connectivity index (χ4n) is 3.20. The molecule has 6 nitrogen and oxygen atoms in total. The molecule has 0 spiro atoms. The third-order valence-corrected chi connectivity index (χ3v) is 4.51. The molecule has 1 amide bonds. The van der Waals surface area contributed by atoms with Gasteiger partial charge in [0.05, 0.1) is 13.1 Å². The Morgan fingerprint density at radius 1 is 1.36 bits per heavy atom. The van der Waals surface area contributed by atoms with Gasteiger partial charge in [0.15, 0.2) is 0 Å². The van der Waals surface area contributed by atoms with Gasteiger partial charge in [0.25, 0.3) is 0 Å². The van der Waals surface area contributed by atoms with Crippen molar-refractivity contribution in [1.82, 2.24) is 25.4 Å². The highest BCUT2D eigenvalue weighted by molar-refractivity contribution is 5.78. The molecule has 0 fully saturated rings. The number of hydrogen-bond donors (Lipinski definition) is 2. The predicted molar refractivity (Wildman–Crippen MR) is 84.3 cm³/mol. The first kappa shape index (κ1) is 15.2. The van der Waals surface area contributed by atoms with Crippen molar-refractivity contribution in [3.8, 4) is 0 Å². The van der Waals surface area contributed by atoms with E-state index in [4.69, 9.17) is 0 Å². The summed E-state index contributed by atoms with van der Waals surface area (Å²) in [6, 6.07) is 0.306. The number of rotatable bonds is 6. The fraction of sp³-hybridized carbons (Fsp3) is 0.688. The minimum atomic E-state index is 0.0841. The molecule has 0 saturated carbocycles. The van der Waals surface area contributed by atoms with Gasteiger partial charge in [0, 0.05) is 19.0 Å². The first-order valence-corrected chi connectivity index (χ1v) is 8.36. The smallest absolute Gasteiger partial charge is 0.233 e. The molecule has 6 heteroatoms. The van der Waals surface area contributed by atoms with Gasteiger partial charge in [-0.05, 0) is 38.5 Å². The van der Waals surface area contributed by atoms with Crippen LogP contribution in [0.25, 0.3) is 0 Å². The second kappa shape index (κ2) is 7.54. The molecule has 1 aliphatic carbocycles. The van der Waals surface area contributed by atoms with Crippen molar-refractivity contribution in [2.24, 2.45) is 0 Å². The molecule has 0 radical (unpaired) electrons. The third kappa shape index (κ3) is 4.16. The zero-order valence-corrected chi connectivity index (χ0v) is 13.1. The summed E-state index contributed by atoms with van der Waals surface area (Å²) >= 11 is 0. The lowest BCUT2D eigenvalue weighted by Gasteiger charge is -2.23. The molecule has 1 aromatic rings. The van der Waals surface area contributed by atoms with Crippen LogP contribution in [0.5, 0.6) is 0 Å². The van der Waals surface area contributed by atoms with Gasteiger partial charge in [-0.3, -0.25) is 4.79 Å². The van der Waals surface area contributed by atoms with E-state index in [1.165, 1.54) is 31.3 Å². The van der Waals surface area contributed by atoms with Crippen molar-refractivity contribution >= 4 is 5.91 Å². The maximum absolute atomic E-state index is 11.9. The number of carbonyl (C=O) groups excluding carboxylic acids is 1. The number of amides is 1. The van der Waals surface area contributed by atoms with Crippen molar-refractivity contribution in [2.45, 2.75) is 57.5 Å². The second-order valence-corrected chi connectivity index (χ2v) is 6.18. The molecule has 0 bridgehead atoms. The number of nitrogens with zero attached hydrogens (tertiary/aromatic N) is 3. The van der Waals surface area contributed by atoms with E-state index >= 15 is 0 Å². The molecular weight excluding hydrogens is 278 g/mol. The number of nitrogens with one attached hydrogen (secondary N) is 2. The lowest BCUT2D eigenvalue weighted by Crippen LogP contribution is -2.43. The SMILES string of the molecule is O=C(CN[C@@H]1CCc2ncnn2C1)NCCC1=CCCCC1. The molecule has 1 aliphatic heterocycles. The summed E-state index contributed by atoms with van der Waals surface area (Å²) in [6.45, 7) is 1.94. The van der Waals surface area contributed by atoms with Crippen molar-refractivity contribution in [3.05, 3.63) is 23.8 Å². The zero-order chi connectivity index (χ0) is 15.2. The van der Waals surface area contributed by atoms with Crippen molar-refractivity contribution in [3.63, 3.8) is 0 Å². The topological polar surface area (TPSA) is 71.8 Å². The minimum Gasteiger partial charge on any atom is -0.355 e. The lowest BCUT2D eigenvalue weighted by atomic mass is 9.97. The summed E-state index contributed by atoms with van der Waals surface area (Å²) in [6.07, 6.45) is 11.9. The summed E-state index contributed by atoms with van der Waals surface area (Å²) in [5, 5.41) is 10.5. The van der Waals surface area contributed by atoms with Crippen LogP contribution in [0.3, 0.4) is 0 Å². The Kier molecular flexibility index (Phi) is 5.21. The Hall–Kier alpha value is -1.69. The molecule has 0 unspecified atom stereocenters. The van der Waals surface area contributed by atoms with Gasteiger partial charge in [0.2, 0.25) is 5.91 Å².